The summed E-state index contributed by atoms with van der Waals surface area (Å²) in [5.41, 5.74) is 9.29. The lowest BCUT2D eigenvalue weighted by Crippen LogP contribution is -2.01. The summed E-state index contributed by atoms with van der Waals surface area (Å²) in [5, 5.41) is 12.5. The van der Waals surface area contributed by atoms with Crippen LogP contribution in [-0.4, -0.2) is 20.2 Å². The third-order valence-corrected chi connectivity index (χ3v) is 4.05. The van der Waals surface area contributed by atoms with Crippen molar-refractivity contribution >= 4 is 33.2 Å². The molecule has 106 valence electrons. The number of aryl methyl sites for hydroxylation is 1. The lowest BCUT2D eigenvalue weighted by molar-refractivity contribution is 0.789. The van der Waals surface area contributed by atoms with Crippen LogP contribution in [0.2, 0.25) is 5.02 Å². The number of nitrogens with zero attached hydrogens (tertiary/aromatic N) is 4. The molecule has 0 atom stereocenters. The van der Waals surface area contributed by atoms with Crippen molar-refractivity contribution in [3.63, 3.8) is 0 Å². The summed E-state index contributed by atoms with van der Waals surface area (Å²) in [6.45, 7) is 1.95. The maximum Gasteiger partial charge on any atom is 0.187 e. The molecular formula is C14H11BrClN5. The van der Waals surface area contributed by atoms with E-state index in [0.29, 0.717) is 16.5 Å². The highest BCUT2D eigenvalue weighted by Gasteiger charge is 2.14. The van der Waals surface area contributed by atoms with Crippen LogP contribution < -0.4 is 5.73 Å². The third-order valence-electron chi connectivity index (χ3n) is 3.14. The molecule has 21 heavy (non-hydrogen) atoms. The number of nitrogens with two attached hydrogens (primary N) is 1. The molecule has 0 aliphatic rings. The molecule has 2 N–H and O–H groups in total. The molecule has 0 aliphatic carbocycles. The van der Waals surface area contributed by atoms with Crippen molar-refractivity contribution in [3.8, 4) is 17.1 Å². The molecular weight excluding hydrogens is 354 g/mol. The van der Waals surface area contributed by atoms with Gasteiger partial charge in [-0.05, 0) is 63.1 Å². The number of benzene rings is 2. The second kappa shape index (κ2) is 5.46. The van der Waals surface area contributed by atoms with Crippen molar-refractivity contribution in [1.29, 1.82) is 0 Å². The summed E-state index contributed by atoms with van der Waals surface area (Å²) in [5.74, 6) is 0.602. The Kier molecular flexibility index (Phi) is 3.65. The van der Waals surface area contributed by atoms with E-state index in [1.807, 2.05) is 31.2 Å². The quantitative estimate of drug-likeness (QED) is 0.705. The molecule has 0 fully saturated rings. The fraction of sp³-hybridized carbons (Fsp3) is 0.0714. The number of rotatable bonds is 2. The van der Waals surface area contributed by atoms with Crippen LogP contribution in [0.4, 0.5) is 5.69 Å². The van der Waals surface area contributed by atoms with Crippen LogP contribution in [0.5, 0.6) is 0 Å². The normalized spacial score (nSPS) is 10.8. The zero-order valence-electron chi connectivity index (χ0n) is 11.1. The Labute approximate surface area is 134 Å². The first-order valence-corrected chi connectivity index (χ1v) is 7.33. The van der Waals surface area contributed by atoms with Gasteiger partial charge >= 0.3 is 0 Å². The van der Waals surface area contributed by atoms with Gasteiger partial charge in [-0.15, -0.1) is 5.10 Å². The highest BCUT2D eigenvalue weighted by Crippen LogP contribution is 2.28. The average molecular weight is 365 g/mol. The van der Waals surface area contributed by atoms with Crippen LogP contribution in [0.1, 0.15) is 5.56 Å². The van der Waals surface area contributed by atoms with Gasteiger partial charge in [-0.2, -0.15) is 4.68 Å². The number of aromatic nitrogens is 4. The summed E-state index contributed by atoms with van der Waals surface area (Å²) in [6, 6.07) is 11.2. The molecule has 7 heteroatoms. The number of anilines is 1. The van der Waals surface area contributed by atoms with Crippen LogP contribution in [-0.2, 0) is 0 Å². The Morgan fingerprint density at radius 1 is 1.19 bits per heavy atom. The number of nitrogen functional groups attached to an aromatic ring is 1. The molecule has 5 nitrogen and oxygen atoms in total. The lowest BCUT2D eigenvalue weighted by Gasteiger charge is -2.08. The minimum absolute atomic E-state index is 0.602. The van der Waals surface area contributed by atoms with Crippen molar-refractivity contribution < 1.29 is 0 Å². The Hall–Kier alpha value is -1.92. The van der Waals surface area contributed by atoms with Gasteiger partial charge in [0.2, 0.25) is 0 Å². The maximum absolute atomic E-state index is 6.06. The zero-order valence-corrected chi connectivity index (χ0v) is 13.4. The number of hydrogen-bond acceptors (Lipinski definition) is 4. The molecule has 0 saturated carbocycles. The molecule has 2 aromatic carbocycles. The second-order valence-corrected chi connectivity index (χ2v) is 5.87. The summed E-state index contributed by atoms with van der Waals surface area (Å²) < 4.78 is 2.47. The highest BCUT2D eigenvalue weighted by atomic mass is 79.9. The topological polar surface area (TPSA) is 69.6 Å². The van der Waals surface area contributed by atoms with E-state index in [2.05, 4.69) is 31.5 Å². The van der Waals surface area contributed by atoms with Crippen LogP contribution in [0.25, 0.3) is 17.1 Å². The third kappa shape index (κ3) is 2.64. The standard InChI is InChI=1S/C14H11BrClN5/c1-8-2-3-9(6-12(8)17)14-18-19-20-21(14)13-7-10(16)4-5-11(13)15/h2-7H,17H2,1H3. The summed E-state index contributed by atoms with van der Waals surface area (Å²) >= 11 is 9.54. The van der Waals surface area contributed by atoms with Crippen molar-refractivity contribution in [2.75, 3.05) is 5.73 Å². The van der Waals surface area contributed by atoms with Crippen LogP contribution in [0, 0.1) is 6.92 Å². The summed E-state index contributed by atoms with van der Waals surface area (Å²) in [7, 11) is 0. The Morgan fingerprint density at radius 2 is 2.00 bits per heavy atom. The minimum Gasteiger partial charge on any atom is -0.398 e. The van der Waals surface area contributed by atoms with Gasteiger partial charge in [0.25, 0.3) is 0 Å². The molecule has 0 unspecified atom stereocenters. The van der Waals surface area contributed by atoms with E-state index in [-0.39, 0.29) is 0 Å². The van der Waals surface area contributed by atoms with Crippen molar-refractivity contribution in [2.24, 2.45) is 0 Å². The number of hydrogen-bond donors (Lipinski definition) is 1. The fourth-order valence-corrected chi connectivity index (χ4v) is 2.54. The molecule has 1 heterocycles. The van der Waals surface area contributed by atoms with E-state index >= 15 is 0 Å². The molecule has 1 aromatic heterocycles. The second-order valence-electron chi connectivity index (χ2n) is 4.58. The summed E-state index contributed by atoms with van der Waals surface area (Å²) in [4.78, 5) is 0. The van der Waals surface area contributed by atoms with E-state index < -0.39 is 0 Å². The van der Waals surface area contributed by atoms with E-state index in [9.17, 15) is 0 Å². The molecule has 3 rings (SSSR count). The Bertz CT molecular complexity index is 815. The molecule has 0 bridgehead atoms. The molecule has 0 amide bonds. The van der Waals surface area contributed by atoms with Gasteiger partial charge in [0.05, 0.1) is 5.69 Å². The number of halogens is 2. The Morgan fingerprint density at radius 3 is 2.76 bits per heavy atom. The zero-order chi connectivity index (χ0) is 15.0. The van der Waals surface area contributed by atoms with Gasteiger partial charge in [-0.1, -0.05) is 23.7 Å². The molecule has 0 spiro atoms. The predicted molar refractivity (Wildman–Crippen MR) is 86.4 cm³/mol. The maximum atomic E-state index is 6.06. The van der Waals surface area contributed by atoms with Gasteiger partial charge in [0.1, 0.15) is 0 Å². The van der Waals surface area contributed by atoms with Gasteiger partial charge in [0.15, 0.2) is 5.82 Å². The summed E-state index contributed by atoms with van der Waals surface area (Å²) in [6.07, 6.45) is 0. The smallest absolute Gasteiger partial charge is 0.187 e. The Balaban J connectivity index is 2.17. The van der Waals surface area contributed by atoms with Crippen molar-refractivity contribution in [2.45, 2.75) is 6.92 Å². The fourth-order valence-electron chi connectivity index (χ4n) is 1.96. The first-order valence-electron chi connectivity index (χ1n) is 6.16. The minimum atomic E-state index is 0.602. The monoisotopic (exact) mass is 363 g/mol. The molecule has 0 radical (unpaired) electrons. The van der Waals surface area contributed by atoms with Crippen LogP contribution in [0.15, 0.2) is 40.9 Å². The molecule has 0 saturated heterocycles. The SMILES string of the molecule is Cc1ccc(-c2nnnn2-c2cc(Cl)ccc2Br)cc1N. The van der Waals surface area contributed by atoms with E-state index in [1.165, 1.54) is 0 Å². The van der Waals surface area contributed by atoms with Gasteiger partial charge < -0.3 is 5.73 Å². The molecule has 0 aliphatic heterocycles. The van der Waals surface area contributed by atoms with Gasteiger partial charge in [-0.25, -0.2) is 0 Å². The average Bonchev–Trinajstić information content (AvgIpc) is 2.93. The first kappa shape index (κ1) is 14.0. The van der Waals surface area contributed by atoms with Crippen molar-refractivity contribution in [3.05, 3.63) is 51.5 Å². The van der Waals surface area contributed by atoms with E-state index in [1.54, 1.807) is 16.8 Å². The largest absolute Gasteiger partial charge is 0.398 e. The highest BCUT2D eigenvalue weighted by molar-refractivity contribution is 9.10. The lowest BCUT2D eigenvalue weighted by atomic mass is 10.1. The predicted octanol–water partition coefficient (Wildman–Crippen LogP) is 3.64. The van der Waals surface area contributed by atoms with E-state index in [0.717, 1.165) is 21.3 Å². The molecule has 3 aromatic rings. The first-order chi connectivity index (χ1) is 10.1. The van der Waals surface area contributed by atoms with Gasteiger partial charge in [-0.3, -0.25) is 0 Å². The van der Waals surface area contributed by atoms with Crippen molar-refractivity contribution in [1.82, 2.24) is 20.2 Å². The van der Waals surface area contributed by atoms with Crippen LogP contribution >= 0.6 is 27.5 Å². The number of tetrazole rings is 1. The van der Waals surface area contributed by atoms with Gasteiger partial charge in [0, 0.05) is 20.7 Å². The van der Waals surface area contributed by atoms with Crippen LogP contribution in [0.3, 0.4) is 0 Å². The van der Waals surface area contributed by atoms with E-state index in [4.69, 9.17) is 17.3 Å².